The van der Waals surface area contributed by atoms with Crippen LogP contribution in [0.3, 0.4) is 0 Å². The molecule has 3 rings (SSSR count). The van der Waals surface area contributed by atoms with Crippen LogP contribution in [0.15, 0.2) is 40.6 Å². The second-order valence-corrected chi connectivity index (χ2v) is 9.27. The molecule has 1 atom stereocenters. The van der Waals surface area contributed by atoms with Crippen molar-refractivity contribution >= 4 is 29.5 Å². The topological polar surface area (TPSA) is 82.8 Å². The van der Waals surface area contributed by atoms with Gasteiger partial charge in [-0.15, -0.1) is 10.2 Å². The van der Waals surface area contributed by atoms with E-state index in [9.17, 15) is 18.0 Å². The zero-order valence-electron chi connectivity index (χ0n) is 18.4. The monoisotopic (exact) mass is 497 g/mol. The normalized spacial score (nSPS) is 12.6. The third-order valence-electron chi connectivity index (χ3n) is 4.32. The molecule has 0 radical (unpaired) electrons. The van der Waals surface area contributed by atoms with Gasteiger partial charge >= 0.3 is 12.1 Å². The molecular weight excluding hydrogens is 475 g/mol. The average molecular weight is 498 g/mol. The van der Waals surface area contributed by atoms with Gasteiger partial charge in [0.15, 0.2) is 10.3 Å². The quantitative estimate of drug-likeness (QED) is 0.244. The highest BCUT2D eigenvalue weighted by Gasteiger charge is 2.31. The number of hydrogen-bond acceptors (Lipinski definition) is 8. The highest BCUT2D eigenvalue weighted by Crippen LogP contribution is 2.33. The fraction of sp³-hybridized carbons (Fsp3) is 0.381. The van der Waals surface area contributed by atoms with Crippen LogP contribution in [-0.4, -0.2) is 42.6 Å². The minimum atomic E-state index is -4.50. The lowest BCUT2D eigenvalue weighted by Crippen LogP contribution is -2.17. The van der Waals surface area contributed by atoms with Gasteiger partial charge in [-0.25, -0.2) is 9.97 Å². The summed E-state index contributed by atoms with van der Waals surface area (Å²) < 4.78 is 46.5. The van der Waals surface area contributed by atoms with E-state index in [4.69, 9.17) is 4.74 Å². The fourth-order valence-electron chi connectivity index (χ4n) is 2.90. The number of carbonyl (C=O) groups is 1. The van der Waals surface area contributed by atoms with Gasteiger partial charge in [0.2, 0.25) is 0 Å². The van der Waals surface area contributed by atoms with Gasteiger partial charge in [-0.05, 0) is 52.0 Å². The maximum atomic E-state index is 13.3. The van der Waals surface area contributed by atoms with Crippen molar-refractivity contribution in [2.45, 2.75) is 55.2 Å². The molecule has 0 aliphatic carbocycles. The van der Waals surface area contributed by atoms with Gasteiger partial charge < -0.3 is 4.74 Å². The molecule has 0 aliphatic heterocycles. The minimum absolute atomic E-state index is 0.224. The molecule has 12 heteroatoms. The van der Waals surface area contributed by atoms with Gasteiger partial charge in [-0.1, -0.05) is 29.6 Å². The minimum Gasteiger partial charge on any atom is -0.465 e. The van der Waals surface area contributed by atoms with Crippen molar-refractivity contribution in [2.75, 3.05) is 6.61 Å². The molecule has 0 unspecified atom stereocenters. The van der Waals surface area contributed by atoms with Crippen molar-refractivity contribution in [2.24, 2.45) is 0 Å². The van der Waals surface area contributed by atoms with Crippen molar-refractivity contribution in [3.05, 3.63) is 53.1 Å². The molecule has 2 heterocycles. The van der Waals surface area contributed by atoms with Crippen LogP contribution in [0.4, 0.5) is 13.2 Å². The molecule has 3 aromatic rings. The summed E-state index contributed by atoms with van der Waals surface area (Å²) in [5, 5.41) is 8.52. The van der Waals surface area contributed by atoms with Crippen LogP contribution in [0.2, 0.25) is 0 Å². The van der Waals surface area contributed by atoms with Gasteiger partial charge in [0, 0.05) is 11.4 Å². The maximum absolute atomic E-state index is 13.3. The van der Waals surface area contributed by atoms with E-state index >= 15 is 0 Å². The second-order valence-electron chi connectivity index (χ2n) is 7.02. The van der Waals surface area contributed by atoms with Crippen molar-refractivity contribution in [3.8, 4) is 5.69 Å². The zero-order valence-corrected chi connectivity index (χ0v) is 20.0. The molecule has 0 amide bonds. The van der Waals surface area contributed by atoms with Gasteiger partial charge in [0.1, 0.15) is 11.1 Å². The summed E-state index contributed by atoms with van der Waals surface area (Å²) in [6, 6.07) is 6.74. The molecule has 0 spiro atoms. The molecule has 0 aliphatic rings. The summed E-state index contributed by atoms with van der Waals surface area (Å²) in [4.78, 5) is 20.8. The van der Waals surface area contributed by atoms with E-state index in [-0.39, 0.29) is 23.2 Å². The Morgan fingerprint density at radius 1 is 1.15 bits per heavy atom. The number of benzene rings is 1. The van der Waals surface area contributed by atoms with E-state index in [0.29, 0.717) is 11.0 Å². The highest BCUT2D eigenvalue weighted by molar-refractivity contribution is 8.00. The zero-order chi connectivity index (χ0) is 24.2. The lowest BCUT2D eigenvalue weighted by atomic mass is 10.2. The molecule has 0 saturated carbocycles. The fourth-order valence-corrected chi connectivity index (χ4v) is 4.65. The van der Waals surface area contributed by atoms with Crippen LogP contribution in [0.25, 0.3) is 5.69 Å². The molecule has 33 heavy (non-hydrogen) atoms. The van der Waals surface area contributed by atoms with Crippen LogP contribution in [0.1, 0.15) is 36.6 Å². The molecule has 1 aromatic carbocycles. The Balaban J connectivity index is 1.97. The van der Waals surface area contributed by atoms with Crippen LogP contribution >= 0.6 is 23.5 Å². The molecule has 176 valence electrons. The number of rotatable bonds is 8. The smallest absolute Gasteiger partial charge is 0.416 e. The van der Waals surface area contributed by atoms with Crippen molar-refractivity contribution in [1.82, 2.24) is 24.7 Å². The predicted molar refractivity (Wildman–Crippen MR) is 119 cm³/mol. The predicted octanol–water partition coefficient (Wildman–Crippen LogP) is 5.03. The standard InChI is InChI=1S/C21H22F3N5O2S2/c1-5-31-18(30)14(4)33-20-28-27-17(11-32-19-25-12(2)9-13(3)26-19)29(20)16-8-6-7-15(10-16)21(22,23)24/h6-10,14H,5,11H2,1-4H3/t14-/m1/s1. The summed E-state index contributed by atoms with van der Waals surface area (Å²) in [5.41, 5.74) is 1.07. The largest absolute Gasteiger partial charge is 0.465 e. The van der Waals surface area contributed by atoms with Gasteiger partial charge in [-0.3, -0.25) is 9.36 Å². The number of esters is 1. The number of nitrogens with zero attached hydrogens (tertiary/aromatic N) is 5. The van der Waals surface area contributed by atoms with E-state index in [1.165, 1.54) is 22.4 Å². The lowest BCUT2D eigenvalue weighted by molar-refractivity contribution is -0.142. The first kappa shape index (κ1) is 25.0. The number of hydrogen-bond donors (Lipinski definition) is 0. The average Bonchev–Trinajstić information content (AvgIpc) is 3.13. The van der Waals surface area contributed by atoms with Gasteiger partial charge in [-0.2, -0.15) is 13.2 Å². The van der Waals surface area contributed by atoms with Crippen LogP contribution in [-0.2, 0) is 21.5 Å². The Labute approximate surface area is 197 Å². The summed E-state index contributed by atoms with van der Waals surface area (Å²) in [6.07, 6.45) is -4.50. The molecule has 0 N–H and O–H groups in total. The van der Waals surface area contributed by atoms with Gasteiger partial charge in [0.25, 0.3) is 0 Å². The highest BCUT2D eigenvalue weighted by atomic mass is 32.2. The molecule has 2 aromatic heterocycles. The number of thioether (sulfide) groups is 2. The molecule has 0 saturated heterocycles. The molecule has 0 bridgehead atoms. The van der Waals surface area contributed by atoms with Crippen LogP contribution < -0.4 is 0 Å². The maximum Gasteiger partial charge on any atom is 0.416 e. The second kappa shape index (κ2) is 10.6. The number of ether oxygens (including phenoxy) is 1. The first-order valence-electron chi connectivity index (χ1n) is 9.98. The third kappa shape index (κ3) is 6.47. The van der Waals surface area contributed by atoms with Crippen molar-refractivity contribution in [3.63, 3.8) is 0 Å². The van der Waals surface area contributed by atoms with E-state index in [2.05, 4.69) is 20.2 Å². The van der Waals surface area contributed by atoms with E-state index in [1.54, 1.807) is 19.9 Å². The summed E-state index contributed by atoms with van der Waals surface area (Å²) >= 11 is 2.37. The SMILES string of the molecule is CCOC(=O)[C@@H](C)Sc1nnc(CSc2nc(C)cc(C)n2)n1-c1cccc(C(F)(F)F)c1. The lowest BCUT2D eigenvalue weighted by Gasteiger charge is -2.14. The van der Waals surface area contributed by atoms with E-state index in [1.807, 2.05) is 19.9 Å². The number of carbonyl (C=O) groups excluding carboxylic acids is 1. The molecule has 7 nitrogen and oxygen atoms in total. The number of alkyl halides is 3. The van der Waals surface area contributed by atoms with Gasteiger partial charge in [0.05, 0.1) is 23.6 Å². The number of aryl methyl sites for hydroxylation is 2. The Morgan fingerprint density at radius 2 is 1.85 bits per heavy atom. The number of aromatic nitrogens is 5. The Bertz CT molecular complexity index is 1120. The summed E-state index contributed by atoms with van der Waals surface area (Å²) in [6.45, 7) is 7.28. The summed E-state index contributed by atoms with van der Waals surface area (Å²) in [7, 11) is 0. The van der Waals surface area contributed by atoms with E-state index in [0.717, 1.165) is 35.3 Å². The Morgan fingerprint density at radius 3 is 2.48 bits per heavy atom. The van der Waals surface area contributed by atoms with Crippen molar-refractivity contribution < 1.29 is 22.7 Å². The van der Waals surface area contributed by atoms with Crippen molar-refractivity contribution in [1.29, 1.82) is 0 Å². The van der Waals surface area contributed by atoms with Crippen LogP contribution in [0, 0.1) is 13.8 Å². The first-order valence-corrected chi connectivity index (χ1v) is 11.8. The Kier molecular flexibility index (Phi) is 8.01. The summed E-state index contributed by atoms with van der Waals surface area (Å²) in [5.74, 6) is 0.224. The number of halogens is 3. The third-order valence-corrected chi connectivity index (χ3v) is 6.19. The molecular formula is C21H22F3N5O2S2. The Hall–Kier alpha value is -2.60. The molecule has 0 fully saturated rings. The first-order chi connectivity index (χ1) is 15.6. The van der Waals surface area contributed by atoms with Crippen LogP contribution in [0.5, 0.6) is 0 Å². The van der Waals surface area contributed by atoms with E-state index < -0.39 is 23.0 Å².